The van der Waals surface area contributed by atoms with Gasteiger partial charge in [-0.15, -0.1) is 11.8 Å². The number of carbonyl (C=O) groups is 3. The van der Waals surface area contributed by atoms with Gasteiger partial charge in [0, 0.05) is 31.1 Å². The molecule has 2 unspecified atom stereocenters. The van der Waals surface area contributed by atoms with Crippen LogP contribution >= 0.6 is 11.8 Å². The van der Waals surface area contributed by atoms with Gasteiger partial charge in [0.1, 0.15) is 23.1 Å². The normalized spacial score (nSPS) is 24.4. The summed E-state index contributed by atoms with van der Waals surface area (Å²) >= 11 is 1.24. The van der Waals surface area contributed by atoms with E-state index >= 15 is 0 Å². The predicted molar refractivity (Wildman–Crippen MR) is 75.1 cm³/mol. The van der Waals surface area contributed by atoms with Gasteiger partial charge in [-0.1, -0.05) is 0 Å². The van der Waals surface area contributed by atoms with Crippen LogP contribution in [0.15, 0.2) is 23.5 Å². The van der Waals surface area contributed by atoms with Crippen molar-refractivity contribution in [3.8, 4) is 0 Å². The zero-order valence-corrected chi connectivity index (χ0v) is 12.6. The summed E-state index contributed by atoms with van der Waals surface area (Å²) < 4.78 is 6.86. The van der Waals surface area contributed by atoms with Crippen LogP contribution in [-0.2, 0) is 26.2 Å². The molecule has 2 aliphatic rings. The number of fused-ring (bicyclic) bond motifs is 1. The van der Waals surface area contributed by atoms with Crippen molar-refractivity contribution in [2.24, 2.45) is 13.0 Å². The molecule has 1 fully saturated rings. The lowest BCUT2D eigenvalue weighted by Gasteiger charge is -2.45. The molecular weight excluding hydrogens is 310 g/mol. The molecule has 8 nitrogen and oxygen atoms in total. The van der Waals surface area contributed by atoms with Gasteiger partial charge in [-0.05, 0) is 0 Å². The van der Waals surface area contributed by atoms with E-state index in [2.05, 4.69) is 5.10 Å². The Labute approximate surface area is 129 Å². The average molecular weight is 323 g/mol. The quantitative estimate of drug-likeness (QED) is 0.635. The van der Waals surface area contributed by atoms with E-state index in [0.717, 1.165) is 0 Å². The third-order valence-electron chi connectivity index (χ3n) is 3.55. The molecule has 3 atom stereocenters. The number of amides is 1. The van der Waals surface area contributed by atoms with Crippen LogP contribution in [0, 0.1) is 5.92 Å². The average Bonchev–Trinajstić information content (AvgIpc) is 3.01. The van der Waals surface area contributed by atoms with E-state index in [1.54, 1.807) is 17.9 Å². The largest absolute Gasteiger partial charge is 0.477 e. The minimum Gasteiger partial charge on any atom is -0.477 e. The first kappa shape index (κ1) is 14.6. The van der Waals surface area contributed by atoms with Gasteiger partial charge in [0.05, 0.1) is 6.20 Å². The first-order valence-electron chi connectivity index (χ1n) is 6.48. The number of hydrogen-bond donors (Lipinski definition) is 1. The van der Waals surface area contributed by atoms with Crippen LogP contribution in [-0.4, -0.2) is 43.0 Å². The Balaban J connectivity index is 1.87. The van der Waals surface area contributed by atoms with E-state index in [1.165, 1.54) is 35.2 Å². The van der Waals surface area contributed by atoms with Gasteiger partial charge in [-0.2, -0.15) is 5.10 Å². The lowest BCUT2D eigenvalue weighted by atomic mass is 9.88. The summed E-state index contributed by atoms with van der Waals surface area (Å²) in [5, 5.41) is 14.2. The number of nitrogens with zero attached hydrogens (tertiary/aromatic N) is 3. The second-order valence-electron chi connectivity index (χ2n) is 5.05. The molecule has 1 amide bonds. The molecule has 22 heavy (non-hydrogen) atoms. The fraction of sp³-hybridized carbons (Fsp3) is 0.385. The smallest absolute Gasteiger partial charge is 0.353 e. The summed E-state index contributed by atoms with van der Waals surface area (Å²) in [6, 6.07) is 0. The monoisotopic (exact) mass is 323 g/mol. The lowest BCUT2D eigenvalue weighted by Crippen LogP contribution is -2.59. The van der Waals surface area contributed by atoms with Gasteiger partial charge in [0.2, 0.25) is 5.91 Å². The number of aryl methyl sites for hydroxylation is 1. The number of ether oxygens (including phenoxy) is 1. The molecule has 0 radical (unpaired) electrons. The van der Waals surface area contributed by atoms with Crippen molar-refractivity contribution in [2.75, 3.05) is 0 Å². The SMILES string of the molecule is CC(=O)OC(c1cnn(C)c1)C1C(=O)N2C(C(=O)O)=CS[C@H]12. The molecule has 116 valence electrons. The molecule has 1 aromatic heterocycles. The Morgan fingerprint density at radius 1 is 1.50 bits per heavy atom. The van der Waals surface area contributed by atoms with Crippen molar-refractivity contribution in [1.29, 1.82) is 0 Å². The van der Waals surface area contributed by atoms with Crippen molar-refractivity contribution in [3.05, 3.63) is 29.1 Å². The molecular formula is C13H13N3O5S. The number of hydrogen-bond acceptors (Lipinski definition) is 6. The van der Waals surface area contributed by atoms with E-state index in [1.807, 2.05) is 0 Å². The standard InChI is InChI=1S/C13H13N3O5S/c1-6(17)21-10(7-3-14-15(2)4-7)9-11(18)16-8(13(19)20)5-22-12(9)16/h3-5,9-10,12H,1-2H3,(H,19,20)/t9?,10?,12-/m1/s1. The van der Waals surface area contributed by atoms with Crippen molar-refractivity contribution >= 4 is 29.6 Å². The summed E-state index contributed by atoms with van der Waals surface area (Å²) in [6.07, 6.45) is 2.44. The molecule has 1 N–H and O–H groups in total. The van der Waals surface area contributed by atoms with E-state index < -0.39 is 24.0 Å². The number of thioether (sulfide) groups is 1. The van der Waals surface area contributed by atoms with E-state index in [-0.39, 0.29) is 17.0 Å². The van der Waals surface area contributed by atoms with Gasteiger partial charge >= 0.3 is 11.9 Å². The molecule has 0 bridgehead atoms. The van der Waals surface area contributed by atoms with Crippen LogP contribution in [0.3, 0.4) is 0 Å². The minimum absolute atomic E-state index is 0.0380. The number of carbonyl (C=O) groups excluding carboxylic acids is 2. The van der Waals surface area contributed by atoms with Gasteiger partial charge in [-0.25, -0.2) is 4.79 Å². The number of carboxylic acid groups (broad SMARTS) is 1. The van der Waals surface area contributed by atoms with Crippen LogP contribution in [0.25, 0.3) is 0 Å². The summed E-state index contributed by atoms with van der Waals surface area (Å²) in [4.78, 5) is 36.0. The Kier molecular flexibility index (Phi) is 3.44. The first-order chi connectivity index (χ1) is 10.4. The first-order valence-corrected chi connectivity index (χ1v) is 7.42. The number of esters is 1. The van der Waals surface area contributed by atoms with Crippen LogP contribution in [0.4, 0.5) is 0 Å². The maximum atomic E-state index is 12.4. The molecule has 0 aliphatic carbocycles. The molecule has 1 aromatic rings. The summed E-state index contributed by atoms with van der Waals surface area (Å²) in [6.45, 7) is 1.27. The maximum Gasteiger partial charge on any atom is 0.353 e. The lowest BCUT2D eigenvalue weighted by molar-refractivity contribution is -0.167. The highest BCUT2D eigenvalue weighted by Crippen LogP contribution is 2.50. The maximum absolute atomic E-state index is 12.4. The Morgan fingerprint density at radius 2 is 2.23 bits per heavy atom. The van der Waals surface area contributed by atoms with E-state index in [9.17, 15) is 14.4 Å². The number of rotatable bonds is 4. The molecule has 9 heteroatoms. The highest BCUT2D eigenvalue weighted by Gasteiger charge is 2.58. The second kappa shape index (κ2) is 5.16. The molecule has 3 rings (SSSR count). The molecule has 0 aromatic carbocycles. The third-order valence-corrected chi connectivity index (χ3v) is 4.70. The highest BCUT2D eigenvalue weighted by atomic mass is 32.2. The Morgan fingerprint density at radius 3 is 2.77 bits per heavy atom. The van der Waals surface area contributed by atoms with Gasteiger partial charge < -0.3 is 9.84 Å². The highest BCUT2D eigenvalue weighted by molar-refractivity contribution is 8.03. The summed E-state index contributed by atoms with van der Waals surface area (Å²) in [7, 11) is 1.72. The van der Waals surface area contributed by atoms with E-state index in [0.29, 0.717) is 5.56 Å². The zero-order chi connectivity index (χ0) is 16.0. The van der Waals surface area contributed by atoms with Crippen molar-refractivity contribution in [1.82, 2.24) is 14.7 Å². The Hall–Kier alpha value is -2.29. The minimum atomic E-state index is -1.15. The van der Waals surface area contributed by atoms with Crippen molar-refractivity contribution in [2.45, 2.75) is 18.4 Å². The third kappa shape index (κ3) is 2.17. The molecule has 3 heterocycles. The molecule has 0 saturated carbocycles. The summed E-state index contributed by atoms with van der Waals surface area (Å²) in [5.74, 6) is -2.63. The van der Waals surface area contributed by atoms with Gasteiger partial charge in [0.25, 0.3) is 0 Å². The topological polar surface area (TPSA) is 102 Å². The predicted octanol–water partition coefficient (Wildman–Crippen LogP) is 0.482. The molecule has 2 aliphatic heterocycles. The number of aromatic nitrogens is 2. The fourth-order valence-electron chi connectivity index (χ4n) is 2.63. The second-order valence-corrected chi connectivity index (χ2v) is 6.04. The molecule has 1 saturated heterocycles. The van der Waals surface area contributed by atoms with Crippen molar-refractivity contribution < 1.29 is 24.2 Å². The van der Waals surface area contributed by atoms with Crippen LogP contribution in [0.5, 0.6) is 0 Å². The Bertz CT molecular complexity index is 698. The van der Waals surface area contributed by atoms with Crippen LogP contribution < -0.4 is 0 Å². The zero-order valence-electron chi connectivity index (χ0n) is 11.8. The van der Waals surface area contributed by atoms with Gasteiger partial charge in [-0.3, -0.25) is 19.2 Å². The van der Waals surface area contributed by atoms with Crippen LogP contribution in [0.1, 0.15) is 18.6 Å². The molecule has 0 spiro atoms. The van der Waals surface area contributed by atoms with Crippen molar-refractivity contribution in [3.63, 3.8) is 0 Å². The summed E-state index contributed by atoms with van der Waals surface area (Å²) in [5.41, 5.74) is 0.573. The number of β-lactam (4-membered cyclic amide) rings is 1. The fourth-order valence-corrected chi connectivity index (χ4v) is 3.88. The number of carboxylic acids is 1. The van der Waals surface area contributed by atoms with Crippen LogP contribution in [0.2, 0.25) is 0 Å². The number of aliphatic carboxylic acids is 1. The van der Waals surface area contributed by atoms with Gasteiger partial charge in [0.15, 0.2) is 0 Å². The van der Waals surface area contributed by atoms with E-state index in [4.69, 9.17) is 9.84 Å².